The van der Waals surface area contributed by atoms with Gasteiger partial charge in [-0.3, -0.25) is 4.79 Å². The predicted octanol–water partition coefficient (Wildman–Crippen LogP) is 0.948. The minimum Gasteiger partial charge on any atom is -0.469 e. The Balaban J connectivity index is 2.85. The van der Waals surface area contributed by atoms with E-state index in [-0.39, 0.29) is 5.91 Å². The maximum absolute atomic E-state index is 10.9. The van der Waals surface area contributed by atoms with Gasteiger partial charge in [-0.05, 0) is 13.0 Å². The van der Waals surface area contributed by atoms with Gasteiger partial charge in [-0.1, -0.05) is 0 Å². The topological polar surface area (TPSA) is 42.2 Å². The second-order valence-corrected chi connectivity index (χ2v) is 2.03. The van der Waals surface area contributed by atoms with Crippen LogP contribution in [0.5, 0.6) is 0 Å². The fraction of sp³-hybridized carbons (Fsp3) is 0.286. The molecule has 1 rings (SSSR count). The van der Waals surface area contributed by atoms with E-state index in [1.807, 2.05) is 0 Å². The molecule has 3 nitrogen and oxygen atoms in total. The van der Waals surface area contributed by atoms with Crippen molar-refractivity contribution in [2.75, 3.05) is 7.05 Å². The van der Waals surface area contributed by atoms with E-state index in [4.69, 9.17) is 4.42 Å². The van der Waals surface area contributed by atoms with Gasteiger partial charge in [-0.15, -0.1) is 0 Å². The largest absolute Gasteiger partial charge is 0.469 e. The Bertz CT molecular complexity index is 240. The van der Waals surface area contributed by atoms with Crippen LogP contribution >= 0.6 is 0 Å². The molecular weight excluding hydrogens is 130 g/mol. The molecule has 1 N–H and O–H groups in total. The van der Waals surface area contributed by atoms with E-state index < -0.39 is 0 Å². The average molecular weight is 139 g/mol. The van der Waals surface area contributed by atoms with Crippen molar-refractivity contribution in [1.82, 2.24) is 5.32 Å². The summed E-state index contributed by atoms with van der Waals surface area (Å²) in [7, 11) is 1.59. The van der Waals surface area contributed by atoms with Crippen LogP contribution in [0.25, 0.3) is 0 Å². The lowest BCUT2D eigenvalue weighted by Crippen LogP contribution is -2.16. The standard InChI is InChI=1S/C7H9NO2/c1-5-3-6(4-10-5)7(9)8-2/h3-4H,1-2H3,(H,8,9). The summed E-state index contributed by atoms with van der Waals surface area (Å²) in [6.07, 6.45) is 1.44. The number of amides is 1. The summed E-state index contributed by atoms with van der Waals surface area (Å²) in [6.45, 7) is 1.80. The number of nitrogens with one attached hydrogen (secondary N) is 1. The van der Waals surface area contributed by atoms with E-state index in [1.54, 1.807) is 20.0 Å². The number of aryl methyl sites for hydroxylation is 1. The van der Waals surface area contributed by atoms with E-state index in [0.717, 1.165) is 5.76 Å². The normalized spacial score (nSPS) is 9.40. The SMILES string of the molecule is CNC(=O)c1coc(C)c1. The summed E-state index contributed by atoms with van der Waals surface area (Å²) < 4.78 is 4.93. The molecule has 0 aromatic carbocycles. The molecule has 1 heterocycles. The molecule has 3 heteroatoms. The van der Waals surface area contributed by atoms with Gasteiger partial charge in [0.15, 0.2) is 0 Å². The second kappa shape index (κ2) is 2.56. The van der Waals surface area contributed by atoms with Gasteiger partial charge in [0, 0.05) is 7.05 Å². The number of hydrogen-bond acceptors (Lipinski definition) is 2. The average Bonchev–Trinajstić information content (AvgIpc) is 2.34. The minimum atomic E-state index is -0.114. The number of rotatable bonds is 1. The van der Waals surface area contributed by atoms with Crippen LogP contribution < -0.4 is 5.32 Å². The van der Waals surface area contributed by atoms with Gasteiger partial charge in [0.2, 0.25) is 0 Å². The summed E-state index contributed by atoms with van der Waals surface area (Å²) >= 11 is 0. The summed E-state index contributed by atoms with van der Waals surface area (Å²) in [5, 5.41) is 2.50. The van der Waals surface area contributed by atoms with Crippen LogP contribution in [-0.4, -0.2) is 13.0 Å². The summed E-state index contributed by atoms with van der Waals surface area (Å²) in [5.74, 6) is 0.635. The minimum absolute atomic E-state index is 0.114. The summed E-state index contributed by atoms with van der Waals surface area (Å²) in [4.78, 5) is 10.9. The number of carbonyl (C=O) groups excluding carboxylic acids is 1. The third kappa shape index (κ3) is 1.18. The van der Waals surface area contributed by atoms with Crippen LogP contribution in [-0.2, 0) is 0 Å². The molecule has 0 aliphatic rings. The van der Waals surface area contributed by atoms with Gasteiger partial charge in [0.1, 0.15) is 12.0 Å². The Hall–Kier alpha value is -1.25. The summed E-state index contributed by atoms with van der Waals surface area (Å²) in [6, 6.07) is 1.69. The molecule has 0 fully saturated rings. The highest BCUT2D eigenvalue weighted by atomic mass is 16.3. The molecule has 1 aromatic heterocycles. The molecule has 0 radical (unpaired) electrons. The zero-order valence-electron chi connectivity index (χ0n) is 5.97. The Morgan fingerprint density at radius 2 is 2.40 bits per heavy atom. The fourth-order valence-corrected chi connectivity index (χ4v) is 0.707. The molecule has 0 aliphatic carbocycles. The predicted molar refractivity (Wildman–Crippen MR) is 36.8 cm³/mol. The zero-order chi connectivity index (χ0) is 7.56. The van der Waals surface area contributed by atoms with E-state index in [0.29, 0.717) is 5.56 Å². The first-order valence-corrected chi connectivity index (χ1v) is 3.01. The van der Waals surface area contributed by atoms with Crippen molar-refractivity contribution in [3.8, 4) is 0 Å². The molecule has 0 unspecified atom stereocenters. The fourth-order valence-electron chi connectivity index (χ4n) is 0.707. The van der Waals surface area contributed by atoms with Crippen molar-refractivity contribution in [2.45, 2.75) is 6.92 Å². The number of furan rings is 1. The smallest absolute Gasteiger partial charge is 0.254 e. The van der Waals surface area contributed by atoms with Crippen LogP contribution in [0.2, 0.25) is 0 Å². The van der Waals surface area contributed by atoms with Crippen LogP contribution in [0.1, 0.15) is 16.1 Å². The van der Waals surface area contributed by atoms with E-state index in [2.05, 4.69) is 5.32 Å². The second-order valence-electron chi connectivity index (χ2n) is 2.03. The third-order valence-corrected chi connectivity index (χ3v) is 1.22. The van der Waals surface area contributed by atoms with E-state index >= 15 is 0 Å². The molecule has 0 saturated heterocycles. The number of carbonyl (C=O) groups is 1. The van der Waals surface area contributed by atoms with Gasteiger partial charge in [0.25, 0.3) is 5.91 Å². The molecule has 10 heavy (non-hydrogen) atoms. The third-order valence-electron chi connectivity index (χ3n) is 1.22. The monoisotopic (exact) mass is 139 g/mol. The first kappa shape index (κ1) is 6.86. The molecule has 1 aromatic rings. The lowest BCUT2D eigenvalue weighted by molar-refractivity contribution is 0.0962. The molecule has 54 valence electrons. The van der Waals surface area contributed by atoms with Crippen molar-refractivity contribution in [1.29, 1.82) is 0 Å². The van der Waals surface area contributed by atoms with Crippen molar-refractivity contribution in [2.24, 2.45) is 0 Å². The zero-order valence-corrected chi connectivity index (χ0v) is 5.97. The van der Waals surface area contributed by atoms with Gasteiger partial charge < -0.3 is 9.73 Å². The maximum atomic E-state index is 10.9. The lowest BCUT2D eigenvalue weighted by Gasteiger charge is -1.90. The first-order chi connectivity index (χ1) is 4.74. The van der Waals surface area contributed by atoms with Crippen LogP contribution in [0.3, 0.4) is 0 Å². The van der Waals surface area contributed by atoms with Crippen molar-refractivity contribution >= 4 is 5.91 Å². The highest BCUT2D eigenvalue weighted by Crippen LogP contribution is 2.04. The first-order valence-electron chi connectivity index (χ1n) is 3.01. The maximum Gasteiger partial charge on any atom is 0.254 e. The molecule has 0 aliphatic heterocycles. The van der Waals surface area contributed by atoms with E-state index in [1.165, 1.54) is 6.26 Å². The van der Waals surface area contributed by atoms with E-state index in [9.17, 15) is 4.79 Å². The Labute approximate surface area is 59.0 Å². The number of hydrogen-bond donors (Lipinski definition) is 1. The highest BCUT2D eigenvalue weighted by Gasteiger charge is 2.04. The highest BCUT2D eigenvalue weighted by molar-refractivity contribution is 5.93. The molecule has 0 saturated carbocycles. The van der Waals surface area contributed by atoms with Crippen molar-refractivity contribution in [3.63, 3.8) is 0 Å². The van der Waals surface area contributed by atoms with Crippen molar-refractivity contribution in [3.05, 3.63) is 23.7 Å². The Morgan fingerprint density at radius 3 is 2.80 bits per heavy atom. The van der Waals surface area contributed by atoms with Gasteiger partial charge >= 0.3 is 0 Å². The van der Waals surface area contributed by atoms with Crippen LogP contribution in [0.15, 0.2) is 16.7 Å². The van der Waals surface area contributed by atoms with Gasteiger partial charge in [-0.2, -0.15) is 0 Å². The van der Waals surface area contributed by atoms with Gasteiger partial charge in [-0.25, -0.2) is 0 Å². The Kier molecular flexibility index (Phi) is 1.76. The molecule has 0 bridgehead atoms. The molecule has 1 amide bonds. The summed E-state index contributed by atoms with van der Waals surface area (Å²) in [5.41, 5.74) is 0.569. The van der Waals surface area contributed by atoms with Crippen LogP contribution in [0.4, 0.5) is 0 Å². The van der Waals surface area contributed by atoms with Crippen molar-refractivity contribution < 1.29 is 9.21 Å². The quantitative estimate of drug-likeness (QED) is 0.629. The molecule has 0 spiro atoms. The molecular formula is C7H9NO2. The molecule has 0 atom stereocenters. The Morgan fingerprint density at radius 1 is 1.70 bits per heavy atom. The van der Waals surface area contributed by atoms with Crippen LogP contribution in [0, 0.1) is 6.92 Å². The van der Waals surface area contributed by atoms with Gasteiger partial charge in [0.05, 0.1) is 5.56 Å². The lowest BCUT2D eigenvalue weighted by atomic mass is 10.3.